The lowest BCUT2D eigenvalue weighted by Gasteiger charge is -2.25. The monoisotopic (exact) mass is 362 g/mol. The Kier molecular flexibility index (Phi) is 4.91. The van der Waals surface area contributed by atoms with Crippen molar-refractivity contribution in [2.24, 2.45) is 5.14 Å². The molecule has 0 spiro atoms. The van der Waals surface area contributed by atoms with Crippen molar-refractivity contribution < 1.29 is 22.7 Å². The van der Waals surface area contributed by atoms with E-state index in [-0.39, 0.29) is 17.4 Å². The number of amides is 1. The minimum atomic E-state index is -3.69. The third kappa shape index (κ3) is 4.28. The van der Waals surface area contributed by atoms with Gasteiger partial charge in [0.2, 0.25) is 16.1 Å². The van der Waals surface area contributed by atoms with E-state index in [9.17, 15) is 13.2 Å². The SMILES string of the molecule is NS(=O)(=O)c1ccc(CCNC(=O)[C@@H]2COc3ccccc3O2)cc1. The molecule has 0 saturated carbocycles. The summed E-state index contributed by atoms with van der Waals surface area (Å²) in [4.78, 5) is 12.2. The maximum absolute atomic E-state index is 12.2. The van der Waals surface area contributed by atoms with Gasteiger partial charge >= 0.3 is 0 Å². The molecule has 2 aromatic rings. The minimum Gasteiger partial charge on any atom is -0.485 e. The first kappa shape index (κ1) is 17.2. The fraction of sp³-hybridized carbons (Fsp3) is 0.235. The highest BCUT2D eigenvalue weighted by Gasteiger charge is 2.26. The van der Waals surface area contributed by atoms with E-state index >= 15 is 0 Å². The lowest BCUT2D eigenvalue weighted by Crippen LogP contribution is -2.44. The zero-order valence-corrected chi connectivity index (χ0v) is 14.2. The van der Waals surface area contributed by atoms with Crippen LogP contribution in [0.2, 0.25) is 0 Å². The second kappa shape index (κ2) is 7.12. The number of hydrogen-bond acceptors (Lipinski definition) is 5. The molecule has 0 saturated heterocycles. The number of benzene rings is 2. The molecule has 1 heterocycles. The van der Waals surface area contributed by atoms with Crippen molar-refractivity contribution in [3.05, 3.63) is 54.1 Å². The Hall–Kier alpha value is -2.58. The van der Waals surface area contributed by atoms with Gasteiger partial charge in [-0.15, -0.1) is 0 Å². The van der Waals surface area contributed by atoms with Gasteiger partial charge in [-0.3, -0.25) is 4.79 Å². The summed E-state index contributed by atoms with van der Waals surface area (Å²) in [6, 6.07) is 13.4. The zero-order chi connectivity index (χ0) is 17.9. The molecule has 0 aromatic heterocycles. The van der Waals surface area contributed by atoms with Crippen molar-refractivity contribution in [2.45, 2.75) is 17.4 Å². The van der Waals surface area contributed by atoms with E-state index in [1.807, 2.05) is 12.1 Å². The van der Waals surface area contributed by atoms with Crippen LogP contribution in [0.4, 0.5) is 0 Å². The molecule has 0 aliphatic carbocycles. The van der Waals surface area contributed by atoms with Crippen LogP contribution in [-0.4, -0.2) is 33.6 Å². The Morgan fingerprint density at radius 2 is 1.80 bits per heavy atom. The number of carbonyl (C=O) groups is 1. The lowest BCUT2D eigenvalue weighted by molar-refractivity contribution is -0.130. The van der Waals surface area contributed by atoms with Gasteiger partial charge < -0.3 is 14.8 Å². The Balaban J connectivity index is 1.50. The first-order valence-electron chi connectivity index (χ1n) is 7.71. The molecule has 0 bridgehead atoms. The van der Waals surface area contributed by atoms with Crippen molar-refractivity contribution in [3.8, 4) is 11.5 Å². The van der Waals surface area contributed by atoms with Crippen molar-refractivity contribution in [2.75, 3.05) is 13.2 Å². The van der Waals surface area contributed by atoms with Crippen LogP contribution in [0.3, 0.4) is 0 Å². The molecular weight excluding hydrogens is 344 g/mol. The molecule has 0 fully saturated rings. The van der Waals surface area contributed by atoms with Gasteiger partial charge in [-0.05, 0) is 36.2 Å². The average molecular weight is 362 g/mol. The van der Waals surface area contributed by atoms with E-state index in [4.69, 9.17) is 14.6 Å². The standard InChI is InChI=1S/C17H18N2O5S/c18-25(21,22)13-7-5-12(6-8-13)9-10-19-17(20)16-11-23-14-3-1-2-4-15(14)24-16/h1-8,16H,9-11H2,(H,19,20)(H2,18,21,22)/t16-/m0/s1. The summed E-state index contributed by atoms with van der Waals surface area (Å²) in [5, 5.41) is 7.84. The predicted octanol–water partition coefficient (Wildman–Crippen LogP) is 0.833. The highest BCUT2D eigenvalue weighted by Crippen LogP contribution is 2.30. The maximum atomic E-state index is 12.2. The van der Waals surface area contributed by atoms with E-state index in [0.717, 1.165) is 5.56 Å². The summed E-state index contributed by atoms with van der Waals surface area (Å²) in [6.07, 6.45) is -0.138. The number of ether oxygens (including phenoxy) is 2. The molecule has 7 nitrogen and oxygen atoms in total. The third-order valence-corrected chi connectivity index (χ3v) is 4.70. The molecular formula is C17H18N2O5S. The first-order chi connectivity index (χ1) is 11.9. The molecule has 0 radical (unpaired) electrons. The summed E-state index contributed by atoms with van der Waals surface area (Å²) >= 11 is 0. The summed E-state index contributed by atoms with van der Waals surface area (Å²) < 4.78 is 33.6. The number of para-hydroxylation sites is 2. The van der Waals surface area contributed by atoms with Crippen LogP contribution in [0.25, 0.3) is 0 Å². The van der Waals surface area contributed by atoms with E-state index in [1.165, 1.54) is 12.1 Å². The van der Waals surface area contributed by atoms with Crippen molar-refractivity contribution >= 4 is 15.9 Å². The molecule has 3 rings (SSSR count). The smallest absolute Gasteiger partial charge is 0.264 e. The number of sulfonamides is 1. The summed E-state index contributed by atoms with van der Waals surface area (Å²) in [6.45, 7) is 0.557. The molecule has 1 atom stereocenters. The van der Waals surface area contributed by atoms with E-state index in [2.05, 4.69) is 5.32 Å². The normalized spacial score (nSPS) is 16.3. The Bertz CT molecular complexity index is 865. The summed E-state index contributed by atoms with van der Waals surface area (Å²) in [7, 11) is -3.69. The maximum Gasteiger partial charge on any atom is 0.264 e. The highest BCUT2D eigenvalue weighted by molar-refractivity contribution is 7.89. The molecule has 8 heteroatoms. The number of carbonyl (C=O) groups excluding carboxylic acids is 1. The predicted molar refractivity (Wildman–Crippen MR) is 90.9 cm³/mol. The Labute approximate surface area is 145 Å². The van der Waals surface area contributed by atoms with Crippen LogP contribution in [0.1, 0.15) is 5.56 Å². The summed E-state index contributed by atoms with van der Waals surface area (Å²) in [5.41, 5.74) is 0.888. The topological polar surface area (TPSA) is 108 Å². The molecule has 132 valence electrons. The van der Waals surface area contributed by atoms with Crippen LogP contribution >= 0.6 is 0 Å². The van der Waals surface area contributed by atoms with Crippen LogP contribution in [0.5, 0.6) is 11.5 Å². The van der Waals surface area contributed by atoms with Crippen molar-refractivity contribution in [1.29, 1.82) is 0 Å². The number of primary sulfonamides is 1. The highest BCUT2D eigenvalue weighted by atomic mass is 32.2. The van der Waals surface area contributed by atoms with Crippen molar-refractivity contribution in [1.82, 2.24) is 5.32 Å². The molecule has 1 aliphatic heterocycles. The van der Waals surface area contributed by atoms with Gasteiger partial charge in [0.25, 0.3) is 5.91 Å². The molecule has 3 N–H and O–H groups in total. The van der Waals surface area contributed by atoms with Gasteiger partial charge in [-0.25, -0.2) is 13.6 Å². The second-order valence-electron chi connectivity index (χ2n) is 5.59. The minimum absolute atomic E-state index is 0.0618. The van der Waals surface area contributed by atoms with Crippen LogP contribution in [-0.2, 0) is 21.2 Å². The molecule has 2 aromatic carbocycles. The third-order valence-electron chi connectivity index (χ3n) is 3.77. The van der Waals surface area contributed by atoms with Gasteiger partial charge in [0.05, 0.1) is 4.90 Å². The van der Waals surface area contributed by atoms with Crippen molar-refractivity contribution in [3.63, 3.8) is 0 Å². The number of fused-ring (bicyclic) bond motifs is 1. The van der Waals surface area contributed by atoms with Crippen LogP contribution in [0, 0.1) is 0 Å². The Morgan fingerprint density at radius 1 is 1.12 bits per heavy atom. The first-order valence-corrected chi connectivity index (χ1v) is 9.26. The number of nitrogens with one attached hydrogen (secondary N) is 1. The molecule has 1 amide bonds. The van der Waals surface area contributed by atoms with Gasteiger partial charge in [0.15, 0.2) is 11.5 Å². The van der Waals surface area contributed by atoms with E-state index in [0.29, 0.717) is 24.5 Å². The molecule has 0 unspecified atom stereocenters. The Morgan fingerprint density at radius 3 is 2.48 bits per heavy atom. The lowest BCUT2D eigenvalue weighted by atomic mass is 10.1. The summed E-state index contributed by atoms with van der Waals surface area (Å²) in [5.74, 6) is 0.921. The van der Waals surface area contributed by atoms with Gasteiger partial charge in [-0.2, -0.15) is 0 Å². The fourth-order valence-electron chi connectivity index (χ4n) is 2.44. The number of rotatable bonds is 5. The van der Waals surface area contributed by atoms with Gasteiger partial charge in [0.1, 0.15) is 6.61 Å². The number of hydrogen-bond donors (Lipinski definition) is 2. The van der Waals surface area contributed by atoms with Gasteiger partial charge in [0, 0.05) is 6.54 Å². The quantitative estimate of drug-likeness (QED) is 0.819. The van der Waals surface area contributed by atoms with Gasteiger partial charge in [-0.1, -0.05) is 24.3 Å². The molecule has 25 heavy (non-hydrogen) atoms. The van der Waals surface area contributed by atoms with E-state index in [1.54, 1.807) is 24.3 Å². The zero-order valence-electron chi connectivity index (χ0n) is 13.3. The second-order valence-corrected chi connectivity index (χ2v) is 7.16. The fourth-order valence-corrected chi connectivity index (χ4v) is 2.95. The van der Waals surface area contributed by atoms with Crippen LogP contribution in [0.15, 0.2) is 53.4 Å². The number of nitrogens with two attached hydrogens (primary N) is 1. The van der Waals surface area contributed by atoms with Crippen LogP contribution < -0.4 is 19.9 Å². The average Bonchev–Trinajstić information content (AvgIpc) is 2.61. The van der Waals surface area contributed by atoms with E-state index < -0.39 is 16.1 Å². The largest absolute Gasteiger partial charge is 0.485 e. The molecule has 1 aliphatic rings.